The Morgan fingerprint density at radius 2 is 1.70 bits per heavy atom. The van der Waals surface area contributed by atoms with Crippen molar-refractivity contribution in [1.82, 2.24) is 5.32 Å². The van der Waals surface area contributed by atoms with Crippen LogP contribution < -0.4 is 10.2 Å². The van der Waals surface area contributed by atoms with Gasteiger partial charge in [-0.3, -0.25) is 14.5 Å². The monoisotopic (exact) mass is 606 g/mol. The number of anilines is 1. The van der Waals surface area contributed by atoms with Gasteiger partial charge in [0.25, 0.3) is 0 Å². The number of rotatable bonds is 9. The number of hydrogen-bond acceptors (Lipinski definition) is 3. The fraction of sp³-hybridized carbons (Fsp3) is 0.355. The van der Waals surface area contributed by atoms with Crippen LogP contribution in [0.4, 0.5) is 10.1 Å². The van der Waals surface area contributed by atoms with Crippen LogP contribution in [0.5, 0.6) is 0 Å². The van der Waals surface area contributed by atoms with Gasteiger partial charge in [0.2, 0.25) is 11.8 Å². The first-order valence-corrected chi connectivity index (χ1v) is 16.8. The van der Waals surface area contributed by atoms with Gasteiger partial charge in [0.15, 0.2) is 0 Å². The lowest BCUT2D eigenvalue weighted by Crippen LogP contribution is -2.50. The number of nitrogens with one attached hydrogen (secondary N) is 1. The third-order valence-corrected chi connectivity index (χ3v) is 8.52. The number of nitrogens with zero attached hydrogens (tertiary/aromatic N) is 1. The highest BCUT2D eigenvalue weighted by molar-refractivity contribution is 8.32. The van der Waals surface area contributed by atoms with Crippen LogP contribution in [0.3, 0.4) is 0 Å². The highest BCUT2D eigenvalue weighted by Gasteiger charge is 2.53. The lowest BCUT2D eigenvalue weighted by atomic mass is 9.73. The summed E-state index contributed by atoms with van der Waals surface area (Å²) in [5.74, 6) is 0.0172. The van der Waals surface area contributed by atoms with E-state index in [1.807, 2.05) is 37.3 Å². The topological polar surface area (TPSA) is 58.6 Å². The zero-order valence-electron chi connectivity index (χ0n) is 23.6. The molecule has 216 valence electrons. The summed E-state index contributed by atoms with van der Waals surface area (Å²) in [4.78, 5) is 27.8. The molecular formula is C31H37Cl2FN2O3S. The molecule has 1 heterocycles. The van der Waals surface area contributed by atoms with Crippen LogP contribution in [0.1, 0.15) is 30.0 Å². The minimum Gasteiger partial charge on any atom is -0.360 e. The minimum atomic E-state index is -1.28. The van der Waals surface area contributed by atoms with Gasteiger partial charge >= 0.3 is 0 Å². The Morgan fingerprint density at radius 3 is 2.30 bits per heavy atom. The molecule has 9 heteroatoms. The van der Waals surface area contributed by atoms with E-state index >= 15 is 0 Å². The molecule has 40 heavy (non-hydrogen) atoms. The zero-order valence-corrected chi connectivity index (χ0v) is 25.9. The summed E-state index contributed by atoms with van der Waals surface area (Å²) < 4.78 is 20.3. The first kappa shape index (κ1) is 31.9. The first-order chi connectivity index (χ1) is 18.9. The molecule has 0 radical (unpaired) electrons. The highest BCUT2D eigenvalue weighted by Crippen LogP contribution is 2.48. The molecule has 0 saturated carbocycles. The number of carbonyl (C=O) groups is 2. The van der Waals surface area contributed by atoms with E-state index in [0.29, 0.717) is 28.4 Å². The van der Waals surface area contributed by atoms with Crippen LogP contribution in [-0.2, 0) is 19.7 Å². The van der Waals surface area contributed by atoms with E-state index in [-0.39, 0.29) is 31.5 Å². The van der Waals surface area contributed by atoms with E-state index in [1.165, 1.54) is 12.1 Å². The Labute approximate surface area is 248 Å². The minimum absolute atomic E-state index is 0.0140. The summed E-state index contributed by atoms with van der Waals surface area (Å²) in [7, 11) is -0.737. The van der Waals surface area contributed by atoms with Gasteiger partial charge in [-0.25, -0.2) is 14.4 Å². The van der Waals surface area contributed by atoms with Crippen LogP contribution in [0.25, 0.3) is 0 Å². The van der Waals surface area contributed by atoms with Gasteiger partial charge < -0.3 is 10.1 Å². The van der Waals surface area contributed by atoms with E-state index in [1.54, 1.807) is 36.1 Å². The second-order valence-electron chi connectivity index (χ2n) is 10.5. The number of amides is 2. The summed E-state index contributed by atoms with van der Waals surface area (Å²) in [5.41, 5.74) is 1.29. The maximum Gasteiger partial charge on any atom is 0.245 e. The molecule has 3 aromatic rings. The molecule has 1 unspecified atom stereocenters. The molecular weight excluding hydrogens is 570 g/mol. The molecule has 0 fully saturated rings. The van der Waals surface area contributed by atoms with Crippen molar-refractivity contribution in [3.63, 3.8) is 0 Å². The Balaban J connectivity index is 0.000000547. The quantitative estimate of drug-likeness (QED) is 0.268. The van der Waals surface area contributed by atoms with Gasteiger partial charge in [0.05, 0.1) is 12.3 Å². The summed E-state index contributed by atoms with van der Waals surface area (Å²) in [6.45, 7) is 4.18. The summed E-state index contributed by atoms with van der Waals surface area (Å²) in [5, 5.41) is 4.15. The van der Waals surface area contributed by atoms with Crippen molar-refractivity contribution in [2.45, 2.75) is 25.7 Å². The largest absolute Gasteiger partial charge is 0.360 e. The molecule has 1 N–H and O–H groups in total. The van der Waals surface area contributed by atoms with Crippen LogP contribution in [0, 0.1) is 12.7 Å². The van der Waals surface area contributed by atoms with Gasteiger partial charge in [-0.2, -0.15) is 0 Å². The molecule has 1 aliphatic rings. The predicted molar refractivity (Wildman–Crippen MR) is 167 cm³/mol. The fourth-order valence-corrected chi connectivity index (χ4v) is 5.42. The average Bonchev–Trinajstić information content (AvgIpc) is 3.13. The van der Waals surface area contributed by atoms with Crippen molar-refractivity contribution in [2.75, 3.05) is 49.3 Å². The maximum absolute atomic E-state index is 14.4. The first-order valence-electron chi connectivity index (χ1n) is 13.0. The van der Waals surface area contributed by atoms with Crippen molar-refractivity contribution in [3.8, 4) is 0 Å². The van der Waals surface area contributed by atoms with Crippen LogP contribution >= 0.6 is 33.2 Å². The average molecular weight is 608 g/mol. The van der Waals surface area contributed by atoms with E-state index in [9.17, 15) is 14.0 Å². The normalized spacial score (nSPS) is 16.7. The maximum atomic E-state index is 14.4. The molecule has 1 atom stereocenters. The zero-order chi connectivity index (χ0) is 29.5. The van der Waals surface area contributed by atoms with Crippen LogP contribution in [0.15, 0.2) is 66.7 Å². The molecule has 1 aliphatic heterocycles. The summed E-state index contributed by atoms with van der Waals surface area (Å²) >= 11 is 11.8. The fourth-order valence-electron chi connectivity index (χ4n) is 4.49. The highest BCUT2D eigenvalue weighted by atomic mass is 35.5. The van der Waals surface area contributed by atoms with Gasteiger partial charge in [0.1, 0.15) is 18.0 Å². The second kappa shape index (κ2) is 13.9. The summed E-state index contributed by atoms with van der Waals surface area (Å²) in [6, 6.07) is 19.1. The van der Waals surface area contributed by atoms with E-state index in [4.69, 9.17) is 27.9 Å². The second-order valence-corrected chi connectivity index (χ2v) is 16.0. The number of halogens is 3. The third-order valence-electron chi connectivity index (χ3n) is 6.65. The molecule has 4 rings (SSSR count). The number of carbonyl (C=O) groups excluding carboxylic acids is 2. The number of aryl methyl sites for hydroxylation is 1. The SMILES string of the molecule is CCC(=O)NCC1(c2cc(F)ccc2C)C(=O)N(COCCS(C)(C)C)c2cc(Cl)ccc21.Clc1ccccc1. The van der Waals surface area contributed by atoms with E-state index in [0.717, 1.165) is 16.3 Å². The number of hydrogen-bond donors (Lipinski definition) is 1. The van der Waals surface area contributed by atoms with Crippen molar-refractivity contribution >= 4 is 50.7 Å². The lowest BCUT2D eigenvalue weighted by Gasteiger charge is -2.31. The standard InChI is InChI=1S/C25H32ClFN2O3S.C6H5Cl/c1-6-23(30)28-15-25(21-14-19(27)9-7-17(21)2)20-10-8-18(26)13-22(20)29(24(25)31)16-32-11-12-33(3,4)5;7-6-4-2-1-3-5-6/h7-10,13-14H,6,11-12,15-16H2,1-5H3,(H,28,30);1-5H. The van der Waals surface area contributed by atoms with Gasteiger partial charge in [-0.05, 0) is 78.8 Å². The predicted octanol–water partition coefficient (Wildman–Crippen LogP) is 6.95. The molecule has 0 saturated heterocycles. The van der Waals surface area contributed by atoms with Crippen molar-refractivity contribution < 1.29 is 18.7 Å². The van der Waals surface area contributed by atoms with Crippen LogP contribution in [0.2, 0.25) is 10.0 Å². The van der Waals surface area contributed by atoms with Gasteiger partial charge in [0, 0.05) is 28.8 Å². The van der Waals surface area contributed by atoms with E-state index in [2.05, 4.69) is 24.1 Å². The van der Waals surface area contributed by atoms with E-state index < -0.39 is 21.3 Å². The van der Waals surface area contributed by atoms with Crippen molar-refractivity contribution in [2.24, 2.45) is 0 Å². The Kier molecular flexibility index (Phi) is 11.1. The molecule has 0 aliphatic carbocycles. The molecule has 2 amide bonds. The van der Waals surface area contributed by atoms with Gasteiger partial charge in [-0.1, -0.05) is 60.5 Å². The molecule has 3 aromatic carbocycles. The molecule has 0 bridgehead atoms. The molecule has 5 nitrogen and oxygen atoms in total. The Hall–Kier alpha value is -2.58. The van der Waals surface area contributed by atoms with Gasteiger partial charge in [-0.15, -0.1) is 0 Å². The Bertz CT molecular complexity index is 1330. The molecule has 0 aromatic heterocycles. The molecule has 0 spiro atoms. The third kappa shape index (κ3) is 7.78. The Morgan fingerprint density at radius 1 is 1.00 bits per heavy atom. The lowest BCUT2D eigenvalue weighted by molar-refractivity contribution is -0.124. The number of benzene rings is 3. The number of fused-ring (bicyclic) bond motifs is 1. The van der Waals surface area contributed by atoms with Crippen molar-refractivity contribution in [1.29, 1.82) is 0 Å². The van der Waals surface area contributed by atoms with Crippen molar-refractivity contribution in [3.05, 3.63) is 99.3 Å². The summed E-state index contributed by atoms with van der Waals surface area (Å²) in [6.07, 6.45) is 6.91. The number of ether oxygens (including phenoxy) is 1. The van der Waals surface area contributed by atoms with Crippen LogP contribution in [-0.4, -0.2) is 56.2 Å². The smallest absolute Gasteiger partial charge is 0.245 e.